The first-order valence-corrected chi connectivity index (χ1v) is 8.10. The third kappa shape index (κ3) is 3.27. The van der Waals surface area contributed by atoms with Crippen LogP contribution in [-0.4, -0.2) is 16.0 Å². The molecule has 23 heavy (non-hydrogen) atoms. The Labute approximate surface area is 135 Å². The van der Waals surface area contributed by atoms with E-state index in [4.69, 9.17) is 10.3 Å². The third-order valence-electron chi connectivity index (χ3n) is 4.50. The van der Waals surface area contributed by atoms with Gasteiger partial charge in [-0.15, -0.1) is 0 Å². The molecule has 1 aliphatic rings. The highest BCUT2D eigenvalue weighted by Crippen LogP contribution is 2.37. The van der Waals surface area contributed by atoms with Crippen LogP contribution in [0.3, 0.4) is 0 Å². The van der Waals surface area contributed by atoms with Gasteiger partial charge in [-0.2, -0.15) is 4.98 Å². The van der Waals surface area contributed by atoms with Crippen LogP contribution in [0.5, 0.6) is 0 Å². The number of nitrogens with one attached hydrogen (secondary N) is 1. The largest absolute Gasteiger partial charge is 0.366 e. The number of carbonyl (C=O) groups excluding carboxylic acids is 1. The second-order valence-electron chi connectivity index (χ2n) is 6.07. The molecule has 3 N–H and O–H groups in total. The van der Waals surface area contributed by atoms with Crippen molar-refractivity contribution in [2.45, 2.75) is 51.1 Å². The standard InChI is InChI=1S/C17H22N4O2/c1-2-14-20-16(21-23-14)17(8-3-4-9-17)19-11-12-6-5-7-13(10-12)15(18)22/h5-7,10,19H,2-4,8-9,11H2,1H3,(H2,18,22). The topological polar surface area (TPSA) is 94.0 Å². The van der Waals surface area contributed by atoms with Crippen molar-refractivity contribution in [1.82, 2.24) is 15.5 Å². The molecule has 1 saturated carbocycles. The number of nitrogens with zero attached hydrogens (tertiary/aromatic N) is 2. The summed E-state index contributed by atoms with van der Waals surface area (Å²) >= 11 is 0. The van der Waals surface area contributed by atoms with Crippen molar-refractivity contribution in [3.63, 3.8) is 0 Å². The molecule has 0 radical (unpaired) electrons. The number of aryl methyl sites for hydroxylation is 1. The third-order valence-corrected chi connectivity index (χ3v) is 4.50. The fourth-order valence-electron chi connectivity index (χ4n) is 3.16. The molecule has 0 bridgehead atoms. The summed E-state index contributed by atoms with van der Waals surface area (Å²) < 4.78 is 5.29. The lowest BCUT2D eigenvalue weighted by Gasteiger charge is -2.27. The Balaban J connectivity index is 1.78. The van der Waals surface area contributed by atoms with Crippen LogP contribution in [0.4, 0.5) is 0 Å². The lowest BCUT2D eigenvalue weighted by atomic mass is 9.96. The molecule has 0 saturated heterocycles. The van der Waals surface area contributed by atoms with Crippen molar-refractivity contribution in [2.24, 2.45) is 5.73 Å². The molecule has 1 fully saturated rings. The SMILES string of the molecule is CCc1nc(C2(NCc3cccc(C(N)=O)c3)CCCC2)no1. The number of hydrogen-bond donors (Lipinski definition) is 2. The molecular weight excluding hydrogens is 292 g/mol. The maximum absolute atomic E-state index is 11.3. The molecule has 122 valence electrons. The van der Waals surface area contributed by atoms with Gasteiger partial charge in [0.2, 0.25) is 11.8 Å². The number of amides is 1. The van der Waals surface area contributed by atoms with Gasteiger partial charge in [-0.3, -0.25) is 4.79 Å². The Bertz CT molecular complexity index is 689. The van der Waals surface area contributed by atoms with Crippen molar-refractivity contribution >= 4 is 5.91 Å². The van der Waals surface area contributed by atoms with Gasteiger partial charge in [0.25, 0.3) is 0 Å². The molecule has 1 amide bonds. The summed E-state index contributed by atoms with van der Waals surface area (Å²) in [5.41, 5.74) is 6.65. The quantitative estimate of drug-likeness (QED) is 0.853. The van der Waals surface area contributed by atoms with E-state index in [1.807, 2.05) is 25.1 Å². The fraction of sp³-hybridized carbons (Fsp3) is 0.471. The molecule has 2 aromatic rings. The highest BCUT2D eigenvalue weighted by Gasteiger charge is 2.39. The zero-order valence-electron chi connectivity index (χ0n) is 13.3. The van der Waals surface area contributed by atoms with Crippen LogP contribution in [0.1, 0.15) is 60.2 Å². The number of carbonyl (C=O) groups is 1. The molecule has 3 rings (SSSR count). The maximum atomic E-state index is 11.3. The van der Waals surface area contributed by atoms with Crippen LogP contribution < -0.4 is 11.1 Å². The van der Waals surface area contributed by atoms with E-state index < -0.39 is 5.91 Å². The molecule has 6 nitrogen and oxygen atoms in total. The highest BCUT2D eigenvalue weighted by atomic mass is 16.5. The Hall–Kier alpha value is -2.21. The summed E-state index contributed by atoms with van der Waals surface area (Å²) in [5, 5.41) is 7.77. The van der Waals surface area contributed by atoms with Crippen molar-refractivity contribution in [3.8, 4) is 0 Å². The first kappa shape index (κ1) is 15.7. The maximum Gasteiger partial charge on any atom is 0.248 e. The summed E-state index contributed by atoms with van der Waals surface area (Å²) in [7, 11) is 0. The van der Waals surface area contributed by atoms with E-state index in [9.17, 15) is 4.79 Å². The van der Waals surface area contributed by atoms with Gasteiger partial charge in [0.15, 0.2) is 5.82 Å². The zero-order chi connectivity index (χ0) is 16.3. The molecule has 1 aromatic carbocycles. The van der Waals surface area contributed by atoms with E-state index in [0.29, 0.717) is 18.0 Å². The minimum Gasteiger partial charge on any atom is -0.366 e. The van der Waals surface area contributed by atoms with Crippen molar-refractivity contribution < 1.29 is 9.32 Å². The zero-order valence-corrected chi connectivity index (χ0v) is 13.3. The Morgan fingerprint density at radius 3 is 2.83 bits per heavy atom. The molecule has 1 heterocycles. The van der Waals surface area contributed by atoms with Crippen LogP contribution in [-0.2, 0) is 18.5 Å². The number of hydrogen-bond acceptors (Lipinski definition) is 5. The van der Waals surface area contributed by atoms with Crippen molar-refractivity contribution in [3.05, 3.63) is 47.1 Å². The van der Waals surface area contributed by atoms with Gasteiger partial charge in [-0.1, -0.05) is 37.1 Å². The monoisotopic (exact) mass is 314 g/mol. The van der Waals surface area contributed by atoms with Gasteiger partial charge in [0.05, 0.1) is 5.54 Å². The van der Waals surface area contributed by atoms with Crippen LogP contribution in [0.25, 0.3) is 0 Å². The molecule has 1 aromatic heterocycles. The van der Waals surface area contributed by atoms with Crippen molar-refractivity contribution in [2.75, 3.05) is 0 Å². The average molecular weight is 314 g/mol. The van der Waals surface area contributed by atoms with Crippen LogP contribution in [0.15, 0.2) is 28.8 Å². The fourth-order valence-corrected chi connectivity index (χ4v) is 3.16. The number of aromatic nitrogens is 2. The molecule has 1 aliphatic carbocycles. The predicted octanol–water partition coefficient (Wildman–Crippen LogP) is 2.29. The summed E-state index contributed by atoms with van der Waals surface area (Å²) in [6, 6.07) is 7.38. The van der Waals surface area contributed by atoms with Gasteiger partial charge in [0.1, 0.15) is 0 Å². The second-order valence-corrected chi connectivity index (χ2v) is 6.07. The first-order valence-electron chi connectivity index (χ1n) is 8.10. The summed E-state index contributed by atoms with van der Waals surface area (Å²) in [6.07, 6.45) is 5.01. The van der Waals surface area contributed by atoms with E-state index in [1.54, 1.807) is 6.07 Å². The van der Waals surface area contributed by atoms with Gasteiger partial charge in [0, 0.05) is 18.5 Å². The minimum absolute atomic E-state index is 0.236. The molecule has 6 heteroatoms. The molecule has 0 spiro atoms. The van der Waals surface area contributed by atoms with Crippen LogP contribution in [0, 0.1) is 0 Å². The minimum atomic E-state index is -0.409. The van der Waals surface area contributed by atoms with Gasteiger partial charge in [-0.05, 0) is 30.5 Å². The summed E-state index contributed by atoms with van der Waals surface area (Å²) in [5.74, 6) is 1.01. The molecule has 0 atom stereocenters. The van der Waals surface area contributed by atoms with Gasteiger partial charge >= 0.3 is 0 Å². The Kier molecular flexibility index (Phi) is 4.43. The predicted molar refractivity (Wildman–Crippen MR) is 85.6 cm³/mol. The van der Waals surface area contributed by atoms with E-state index in [-0.39, 0.29) is 5.54 Å². The number of nitrogens with two attached hydrogens (primary N) is 1. The molecule has 0 unspecified atom stereocenters. The number of benzene rings is 1. The Morgan fingerprint density at radius 2 is 2.17 bits per heavy atom. The molecular formula is C17H22N4O2. The van der Waals surface area contributed by atoms with E-state index in [1.165, 1.54) is 0 Å². The smallest absolute Gasteiger partial charge is 0.248 e. The van der Waals surface area contributed by atoms with Crippen LogP contribution >= 0.6 is 0 Å². The van der Waals surface area contributed by atoms with Gasteiger partial charge < -0.3 is 15.6 Å². The summed E-state index contributed by atoms with van der Waals surface area (Å²) in [6.45, 7) is 2.64. The Morgan fingerprint density at radius 1 is 1.39 bits per heavy atom. The van der Waals surface area contributed by atoms with E-state index >= 15 is 0 Å². The highest BCUT2D eigenvalue weighted by molar-refractivity contribution is 5.92. The van der Waals surface area contributed by atoms with Crippen LogP contribution in [0.2, 0.25) is 0 Å². The van der Waals surface area contributed by atoms with E-state index in [0.717, 1.165) is 43.5 Å². The average Bonchev–Trinajstić information content (AvgIpc) is 3.23. The second kappa shape index (κ2) is 6.50. The van der Waals surface area contributed by atoms with E-state index in [2.05, 4.69) is 15.5 Å². The van der Waals surface area contributed by atoms with Gasteiger partial charge in [-0.25, -0.2) is 0 Å². The van der Waals surface area contributed by atoms with Crippen molar-refractivity contribution in [1.29, 1.82) is 0 Å². The number of rotatable bonds is 6. The normalized spacial score (nSPS) is 16.6. The first-order chi connectivity index (χ1) is 11.1. The lowest BCUT2D eigenvalue weighted by Crippen LogP contribution is -2.40. The summed E-state index contributed by atoms with van der Waals surface area (Å²) in [4.78, 5) is 15.8. The lowest BCUT2D eigenvalue weighted by molar-refractivity contribution is 0.1000. The molecule has 0 aliphatic heterocycles. The number of primary amides is 1.